The van der Waals surface area contributed by atoms with E-state index in [1.54, 1.807) is 6.08 Å². The highest BCUT2D eigenvalue weighted by atomic mass is 14.2. The van der Waals surface area contributed by atoms with Gasteiger partial charge in [-0.25, -0.2) is 0 Å². The Bertz CT molecular complexity index is 161. The van der Waals surface area contributed by atoms with Crippen LogP contribution >= 0.6 is 0 Å². The van der Waals surface area contributed by atoms with Gasteiger partial charge in [-0.2, -0.15) is 0 Å². The fourth-order valence-corrected chi connectivity index (χ4v) is 2.29. The second-order valence-electron chi connectivity index (χ2n) is 4.76. The van der Waals surface area contributed by atoms with Crippen LogP contribution in [0.15, 0.2) is 24.8 Å². The zero-order chi connectivity index (χ0) is 18.1. The van der Waals surface area contributed by atoms with Crippen molar-refractivity contribution < 1.29 is 0 Å². The molecule has 0 radical (unpaired) electrons. The summed E-state index contributed by atoms with van der Waals surface area (Å²) in [4.78, 5) is 0. The summed E-state index contributed by atoms with van der Waals surface area (Å²) >= 11 is 0. The molecule has 0 aromatic carbocycles. The lowest BCUT2D eigenvalue weighted by atomic mass is 10.00. The highest BCUT2D eigenvalue weighted by Gasteiger charge is 2.13. The zero-order valence-electron chi connectivity index (χ0n) is 17.4. The van der Waals surface area contributed by atoms with Crippen molar-refractivity contribution >= 4 is 0 Å². The quantitative estimate of drug-likeness (QED) is 0.339. The van der Waals surface area contributed by atoms with Crippen molar-refractivity contribution in [1.29, 1.82) is 0 Å². The Hall–Kier alpha value is -0.520. The summed E-state index contributed by atoms with van der Waals surface area (Å²) in [5.41, 5.74) is 0. The van der Waals surface area contributed by atoms with Crippen molar-refractivity contribution in [2.75, 3.05) is 0 Å². The minimum Gasteiger partial charge on any atom is -0.0991 e. The number of hydrogen-bond acceptors (Lipinski definition) is 0. The fraction of sp³-hybridized carbons (Fsp3) is 0.818. The van der Waals surface area contributed by atoms with Gasteiger partial charge in [-0.15, -0.1) is 0 Å². The number of allylic oxidation sites excluding steroid dienone is 3. The Labute approximate surface area is 144 Å². The molecule has 0 bridgehead atoms. The van der Waals surface area contributed by atoms with E-state index in [-0.39, 0.29) is 0 Å². The molecule has 1 aliphatic carbocycles. The average Bonchev–Trinajstić information content (AvgIpc) is 3.12. The van der Waals surface area contributed by atoms with Gasteiger partial charge in [0.2, 0.25) is 0 Å². The Morgan fingerprint density at radius 3 is 1.68 bits per heavy atom. The summed E-state index contributed by atoms with van der Waals surface area (Å²) in [5, 5.41) is 0. The van der Waals surface area contributed by atoms with E-state index in [1.807, 2.05) is 60.6 Å². The predicted octanol–water partition coefficient (Wildman–Crippen LogP) is 8.97. The molecule has 0 unspecified atom stereocenters. The van der Waals surface area contributed by atoms with Crippen LogP contribution in [0.1, 0.15) is 113 Å². The van der Waals surface area contributed by atoms with Crippen LogP contribution < -0.4 is 0 Å². The highest BCUT2D eigenvalue weighted by Crippen LogP contribution is 2.29. The Morgan fingerprint density at radius 1 is 0.864 bits per heavy atom. The maximum Gasteiger partial charge on any atom is -0.0414 e. The number of hydrogen-bond donors (Lipinski definition) is 0. The smallest absolute Gasteiger partial charge is 0.0414 e. The van der Waals surface area contributed by atoms with E-state index in [0.29, 0.717) is 0 Å². The first-order valence-electron chi connectivity index (χ1n) is 10.1. The van der Waals surface area contributed by atoms with Crippen LogP contribution in [-0.4, -0.2) is 0 Å². The van der Waals surface area contributed by atoms with E-state index in [0.717, 1.165) is 5.92 Å². The number of unbranched alkanes of at least 4 members (excludes halogenated alkanes) is 3. The lowest BCUT2D eigenvalue weighted by Crippen LogP contribution is -1.92. The highest BCUT2D eigenvalue weighted by molar-refractivity contribution is 4.94. The molecule has 1 saturated carbocycles. The van der Waals surface area contributed by atoms with Gasteiger partial charge in [0.1, 0.15) is 0 Å². The largest absolute Gasteiger partial charge is 0.0991 e. The number of rotatable bonds is 6. The van der Waals surface area contributed by atoms with Gasteiger partial charge in [-0.3, -0.25) is 0 Å². The fourth-order valence-electron chi connectivity index (χ4n) is 2.29. The first-order valence-corrected chi connectivity index (χ1v) is 10.1. The molecule has 1 fully saturated rings. The van der Waals surface area contributed by atoms with Crippen LogP contribution in [0.25, 0.3) is 0 Å². The van der Waals surface area contributed by atoms with E-state index in [9.17, 15) is 0 Å². The van der Waals surface area contributed by atoms with Gasteiger partial charge in [0, 0.05) is 0 Å². The molecule has 0 spiro atoms. The third kappa shape index (κ3) is 31.7. The summed E-state index contributed by atoms with van der Waals surface area (Å²) in [6.07, 6.45) is 19.0. The Balaban J connectivity index is -0.000000125. The van der Waals surface area contributed by atoms with Crippen molar-refractivity contribution in [3.8, 4) is 0 Å². The molecule has 136 valence electrons. The van der Waals surface area contributed by atoms with Crippen molar-refractivity contribution in [3.63, 3.8) is 0 Å². The van der Waals surface area contributed by atoms with E-state index in [4.69, 9.17) is 0 Å². The van der Waals surface area contributed by atoms with Crippen LogP contribution in [0.5, 0.6) is 0 Å². The predicted molar refractivity (Wildman–Crippen MR) is 110 cm³/mol. The van der Waals surface area contributed by atoms with Crippen LogP contribution in [0.2, 0.25) is 0 Å². The zero-order valence-corrected chi connectivity index (χ0v) is 17.4. The molecule has 1 aliphatic rings. The van der Waals surface area contributed by atoms with Crippen LogP contribution in [0, 0.1) is 5.92 Å². The van der Waals surface area contributed by atoms with Crippen LogP contribution in [0.3, 0.4) is 0 Å². The molecule has 0 saturated heterocycles. The van der Waals surface area contributed by atoms with Gasteiger partial charge in [0.15, 0.2) is 0 Å². The van der Waals surface area contributed by atoms with E-state index in [1.165, 1.54) is 57.8 Å². The first-order chi connectivity index (χ1) is 10.8. The molecular formula is C22H48. The maximum absolute atomic E-state index is 3.46. The van der Waals surface area contributed by atoms with Crippen molar-refractivity contribution in [2.24, 2.45) is 5.92 Å². The van der Waals surface area contributed by atoms with Gasteiger partial charge in [0.05, 0.1) is 0 Å². The molecule has 0 heterocycles. The van der Waals surface area contributed by atoms with Gasteiger partial charge in [-0.1, -0.05) is 131 Å². The lowest BCUT2D eigenvalue weighted by molar-refractivity contribution is 0.467. The molecule has 1 rings (SSSR count). The average molecular weight is 313 g/mol. The van der Waals surface area contributed by atoms with E-state index in [2.05, 4.69) is 13.5 Å². The summed E-state index contributed by atoms with van der Waals surface area (Å²) in [6.45, 7) is 19.7. The molecule has 0 aromatic rings. The summed E-state index contributed by atoms with van der Waals surface area (Å²) in [5.74, 6) is 1.12. The van der Waals surface area contributed by atoms with E-state index >= 15 is 0 Å². The summed E-state index contributed by atoms with van der Waals surface area (Å²) in [6, 6.07) is 0. The van der Waals surface area contributed by atoms with Crippen molar-refractivity contribution in [2.45, 2.75) is 113 Å². The Morgan fingerprint density at radius 2 is 1.36 bits per heavy atom. The van der Waals surface area contributed by atoms with Crippen LogP contribution in [-0.2, 0) is 0 Å². The standard InChI is InChI=1S/C11H22.C5H8.3C2H6/c1-2-3-4-5-8-11-9-6-7-10-11;1-3-5-4-2;3*1-2/h11H,2-10H2,1H3;3-5H,1H2,2H3;3*1-2H3/b;5-4-;;;. The first kappa shape index (κ1) is 29.5. The minimum atomic E-state index is 1.12. The molecule has 0 amide bonds. The molecule has 0 heteroatoms. The molecular weight excluding hydrogens is 264 g/mol. The maximum atomic E-state index is 3.46. The third-order valence-electron chi connectivity index (χ3n) is 3.27. The van der Waals surface area contributed by atoms with Gasteiger partial charge < -0.3 is 0 Å². The summed E-state index contributed by atoms with van der Waals surface area (Å²) < 4.78 is 0. The molecule has 0 aromatic heterocycles. The van der Waals surface area contributed by atoms with Crippen molar-refractivity contribution in [3.05, 3.63) is 24.8 Å². The SMILES string of the molecule is C=C/C=C\C.CC.CC.CC.CCCCCCC1CCCC1. The normalized spacial score (nSPS) is 12.5. The molecule has 0 aliphatic heterocycles. The molecule has 0 nitrogen and oxygen atoms in total. The van der Waals surface area contributed by atoms with Crippen molar-refractivity contribution in [1.82, 2.24) is 0 Å². The topological polar surface area (TPSA) is 0 Å². The van der Waals surface area contributed by atoms with Gasteiger partial charge in [-0.05, 0) is 12.8 Å². The third-order valence-corrected chi connectivity index (χ3v) is 3.27. The van der Waals surface area contributed by atoms with Gasteiger partial charge >= 0.3 is 0 Å². The lowest BCUT2D eigenvalue weighted by Gasteiger charge is -2.06. The monoisotopic (exact) mass is 312 g/mol. The summed E-state index contributed by atoms with van der Waals surface area (Å²) in [7, 11) is 0. The second-order valence-corrected chi connectivity index (χ2v) is 4.76. The molecule has 0 atom stereocenters. The Kier molecular flexibility index (Phi) is 49.7. The molecule has 22 heavy (non-hydrogen) atoms. The molecule has 0 N–H and O–H groups in total. The van der Waals surface area contributed by atoms with E-state index < -0.39 is 0 Å². The van der Waals surface area contributed by atoms with Crippen LogP contribution in [0.4, 0.5) is 0 Å². The van der Waals surface area contributed by atoms with Gasteiger partial charge in [0.25, 0.3) is 0 Å². The minimum absolute atomic E-state index is 1.12. The second kappa shape index (κ2) is 37.1.